The third-order valence-corrected chi connectivity index (χ3v) is 11.4. The molecule has 0 saturated heterocycles. The Bertz CT molecular complexity index is 3620. The van der Waals surface area contributed by atoms with E-state index in [0.717, 1.165) is 66.3 Å². The fourth-order valence-electron chi connectivity index (χ4n) is 8.75. The van der Waals surface area contributed by atoms with Crippen molar-refractivity contribution in [3.63, 3.8) is 0 Å². The minimum absolute atomic E-state index is 0. The van der Waals surface area contributed by atoms with Crippen molar-refractivity contribution in [1.82, 2.24) is 14.1 Å². The molecule has 0 N–H and O–H groups in total. The molecular formula is C53H32N4OPt-2. The Morgan fingerprint density at radius 1 is 0.542 bits per heavy atom. The Morgan fingerprint density at radius 3 is 2.07 bits per heavy atom. The monoisotopic (exact) mass is 935 g/mol. The van der Waals surface area contributed by atoms with Crippen LogP contribution in [0.1, 0.15) is 5.56 Å². The smallest absolute Gasteiger partial charge is 0.268 e. The number of imidazole rings is 1. The SMILES string of the molecule is Cc1ccc2c(c1)[n+](-c1ccccc1)[c-]n2-c1[c-]c(Oc2[c-]c3c(cc2)c2ccccc2n3-c2nc3ccc4ccccc4c3c3c2ccc2ccccc23)ccc1.[Pt]. The summed E-state index contributed by atoms with van der Waals surface area (Å²) in [5.74, 6) is 2.02. The number of pyridine rings is 1. The maximum atomic E-state index is 6.64. The van der Waals surface area contributed by atoms with E-state index in [-0.39, 0.29) is 21.1 Å². The molecule has 0 amide bonds. The first-order valence-electron chi connectivity index (χ1n) is 19.5. The second kappa shape index (κ2) is 13.8. The molecule has 0 bridgehead atoms. The molecule has 6 heteroatoms. The summed E-state index contributed by atoms with van der Waals surface area (Å²) < 4.78 is 13.0. The number of fused-ring (bicyclic) bond motifs is 11. The van der Waals surface area contributed by atoms with E-state index in [0.29, 0.717) is 11.5 Å². The predicted octanol–water partition coefficient (Wildman–Crippen LogP) is 12.5. The summed E-state index contributed by atoms with van der Waals surface area (Å²) in [5, 5.41) is 10.4. The largest absolute Gasteiger partial charge is 0.510 e. The number of ether oxygens (including phenoxy) is 1. The molecule has 0 spiro atoms. The van der Waals surface area contributed by atoms with Gasteiger partial charge in [0, 0.05) is 54.2 Å². The first-order valence-corrected chi connectivity index (χ1v) is 19.5. The van der Waals surface area contributed by atoms with Gasteiger partial charge in [-0.25, -0.2) is 4.98 Å². The van der Waals surface area contributed by atoms with Gasteiger partial charge in [0.15, 0.2) is 0 Å². The van der Waals surface area contributed by atoms with Crippen molar-refractivity contribution in [2.75, 3.05) is 0 Å². The fraction of sp³-hybridized carbons (Fsp3) is 0.0189. The molecule has 0 unspecified atom stereocenters. The Labute approximate surface area is 354 Å². The molecule has 12 rings (SSSR count). The molecule has 12 aromatic rings. The molecule has 3 heterocycles. The van der Waals surface area contributed by atoms with E-state index in [1.54, 1.807) is 0 Å². The summed E-state index contributed by atoms with van der Waals surface area (Å²) in [6.45, 7) is 2.11. The minimum Gasteiger partial charge on any atom is -0.510 e. The summed E-state index contributed by atoms with van der Waals surface area (Å²) in [6.07, 6.45) is 3.58. The van der Waals surface area contributed by atoms with Crippen molar-refractivity contribution in [2.24, 2.45) is 0 Å². The van der Waals surface area contributed by atoms with Crippen LogP contribution in [0.2, 0.25) is 0 Å². The quantitative estimate of drug-likeness (QED) is 0.0979. The van der Waals surface area contributed by atoms with Gasteiger partial charge >= 0.3 is 0 Å². The zero-order valence-electron chi connectivity index (χ0n) is 31.8. The van der Waals surface area contributed by atoms with Crippen LogP contribution in [0, 0.1) is 25.4 Å². The normalized spacial score (nSPS) is 11.7. The number of rotatable bonds is 5. The summed E-state index contributed by atoms with van der Waals surface area (Å²) in [4.78, 5) is 5.50. The molecule has 0 aliphatic heterocycles. The van der Waals surface area contributed by atoms with Crippen molar-refractivity contribution in [3.05, 3.63) is 200 Å². The molecule has 0 aliphatic rings. The maximum Gasteiger partial charge on any atom is 0.268 e. The van der Waals surface area contributed by atoms with Gasteiger partial charge in [0.1, 0.15) is 5.82 Å². The van der Waals surface area contributed by atoms with Gasteiger partial charge in [0.05, 0.1) is 22.2 Å². The Kier molecular flexibility index (Phi) is 8.21. The topological polar surface area (TPSA) is 35.9 Å². The van der Waals surface area contributed by atoms with Gasteiger partial charge in [-0.1, -0.05) is 120 Å². The van der Waals surface area contributed by atoms with E-state index in [1.165, 1.54) is 32.5 Å². The Balaban J connectivity index is 0.00000397. The zero-order valence-corrected chi connectivity index (χ0v) is 34.0. The van der Waals surface area contributed by atoms with Crippen molar-refractivity contribution >= 4 is 76.1 Å². The van der Waals surface area contributed by atoms with Crippen molar-refractivity contribution in [3.8, 4) is 28.7 Å². The van der Waals surface area contributed by atoms with Crippen LogP contribution in [-0.4, -0.2) is 14.1 Å². The van der Waals surface area contributed by atoms with Crippen LogP contribution in [0.15, 0.2) is 176 Å². The predicted molar refractivity (Wildman–Crippen MR) is 235 cm³/mol. The van der Waals surface area contributed by atoms with Gasteiger partial charge in [-0.2, -0.15) is 18.2 Å². The minimum atomic E-state index is 0. The van der Waals surface area contributed by atoms with Crippen molar-refractivity contribution in [1.29, 1.82) is 0 Å². The molecule has 5 nitrogen and oxygen atoms in total. The van der Waals surface area contributed by atoms with Crippen LogP contribution >= 0.6 is 0 Å². The number of para-hydroxylation sites is 2. The fourth-order valence-corrected chi connectivity index (χ4v) is 8.75. The van der Waals surface area contributed by atoms with Gasteiger partial charge in [-0.15, -0.1) is 29.7 Å². The second-order valence-corrected chi connectivity index (χ2v) is 14.9. The Hall–Kier alpha value is -7.07. The third-order valence-electron chi connectivity index (χ3n) is 11.4. The van der Waals surface area contributed by atoms with Gasteiger partial charge in [-0.05, 0) is 75.9 Å². The van der Waals surface area contributed by atoms with Gasteiger partial charge in [0.25, 0.3) is 6.33 Å². The van der Waals surface area contributed by atoms with E-state index in [1.807, 2.05) is 47.0 Å². The molecule has 9 aromatic carbocycles. The van der Waals surface area contributed by atoms with Gasteiger partial charge in [-0.3, -0.25) is 4.57 Å². The molecular weight excluding hydrogens is 904 g/mol. The van der Waals surface area contributed by atoms with Crippen LogP contribution in [0.5, 0.6) is 11.5 Å². The molecule has 0 fully saturated rings. The zero-order chi connectivity index (χ0) is 38.3. The molecule has 0 aliphatic carbocycles. The summed E-state index contributed by atoms with van der Waals surface area (Å²) in [7, 11) is 0. The van der Waals surface area contributed by atoms with Crippen LogP contribution < -0.4 is 9.30 Å². The van der Waals surface area contributed by atoms with Gasteiger partial charge < -0.3 is 13.9 Å². The van der Waals surface area contributed by atoms with Crippen molar-refractivity contribution in [2.45, 2.75) is 6.92 Å². The maximum absolute atomic E-state index is 6.64. The first-order chi connectivity index (χ1) is 28.7. The molecule has 59 heavy (non-hydrogen) atoms. The molecule has 3 aromatic heterocycles. The number of aromatic nitrogens is 4. The van der Waals surface area contributed by atoms with Crippen LogP contribution in [0.4, 0.5) is 0 Å². The molecule has 0 saturated carbocycles. The Morgan fingerprint density at radius 2 is 1.24 bits per heavy atom. The number of aryl methyl sites for hydroxylation is 1. The van der Waals surface area contributed by atoms with Crippen LogP contribution in [-0.2, 0) is 21.1 Å². The number of hydrogen-bond donors (Lipinski definition) is 0. The van der Waals surface area contributed by atoms with E-state index < -0.39 is 0 Å². The number of nitrogens with zero attached hydrogens (tertiary/aromatic N) is 4. The van der Waals surface area contributed by atoms with Crippen molar-refractivity contribution < 1.29 is 30.4 Å². The van der Waals surface area contributed by atoms with E-state index in [9.17, 15) is 0 Å². The first kappa shape index (κ1) is 35.1. The number of hydrogen-bond acceptors (Lipinski definition) is 2. The second-order valence-electron chi connectivity index (χ2n) is 14.9. The summed E-state index contributed by atoms with van der Waals surface area (Å²) in [5.41, 5.74) is 8.02. The standard InChI is InChI=1S/C53H32N4O.Pt/c1-34-22-29-48-50(30-34)55(37-14-3-2-4-15-37)33-56(48)38-16-11-17-39(31-38)58-40-25-27-44-43-20-9-10-21-47(43)57(49(44)32-40)53-45-26-23-35-12-5-7-18-41(35)51(45)52-42-19-8-6-13-36(42)24-28-46(52)54-53;/h2-30H,1H3;/q-2;. The van der Waals surface area contributed by atoms with Crippen LogP contribution in [0.3, 0.4) is 0 Å². The van der Waals surface area contributed by atoms with E-state index in [2.05, 4.69) is 168 Å². The molecule has 0 atom stereocenters. The third kappa shape index (κ3) is 5.57. The number of benzene rings is 9. The average Bonchev–Trinajstić information content (AvgIpc) is 3.81. The van der Waals surface area contributed by atoms with E-state index in [4.69, 9.17) is 9.72 Å². The average molecular weight is 936 g/mol. The molecule has 0 radical (unpaired) electrons. The van der Waals surface area contributed by atoms with Crippen LogP contribution in [0.25, 0.3) is 93.3 Å². The van der Waals surface area contributed by atoms with Gasteiger partial charge in [0.2, 0.25) is 0 Å². The summed E-state index contributed by atoms with van der Waals surface area (Å²) in [6, 6.07) is 68.6. The molecule has 282 valence electrons. The summed E-state index contributed by atoms with van der Waals surface area (Å²) >= 11 is 0. The van der Waals surface area contributed by atoms with E-state index >= 15 is 0 Å².